The Hall–Kier alpha value is -0.390. The SMILES string of the molecule is CC(C)(C)CCNS(=O)(=O)c1cccc(Br)c1. The predicted molar refractivity (Wildman–Crippen MR) is 73.4 cm³/mol. The van der Waals surface area contributed by atoms with E-state index in [2.05, 4.69) is 41.4 Å². The van der Waals surface area contributed by atoms with Crippen LogP contribution in [0.4, 0.5) is 0 Å². The summed E-state index contributed by atoms with van der Waals surface area (Å²) >= 11 is 3.26. The molecule has 1 rings (SSSR count). The van der Waals surface area contributed by atoms with Gasteiger partial charge < -0.3 is 0 Å². The van der Waals surface area contributed by atoms with Crippen molar-refractivity contribution < 1.29 is 8.42 Å². The summed E-state index contributed by atoms with van der Waals surface area (Å²) in [7, 11) is -3.39. The number of hydrogen-bond acceptors (Lipinski definition) is 2. The molecule has 3 nitrogen and oxygen atoms in total. The third-order valence-electron chi connectivity index (χ3n) is 2.27. The first-order chi connectivity index (χ1) is 7.71. The second-order valence-electron chi connectivity index (χ2n) is 5.17. The van der Waals surface area contributed by atoms with Gasteiger partial charge in [0.15, 0.2) is 0 Å². The summed E-state index contributed by atoms with van der Waals surface area (Å²) in [6, 6.07) is 6.69. The quantitative estimate of drug-likeness (QED) is 0.926. The summed E-state index contributed by atoms with van der Waals surface area (Å²) < 4.78 is 27.2. The Morgan fingerprint density at radius 3 is 2.47 bits per heavy atom. The van der Waals surface area contributed by atoms with E-state index in [9.17, 15) is 8.42 Å². The lowest BCUT2D eigenvalue weighted by Gasteiger charge is -2.18. The second kappa shape index (κ2) is 5.50. The number of halogens is 1. The molecule has 1 aromatic rings. The molecule has 0 saturated carbocycles. The summed E-state index contributed by atoms with van der Waals surface area (Å²) in [5.41, 5.74) is 0.125. The monoisotopic (exact) mass is 319 g/mol. The standard InChI is InChI=1S/C12H18BrNO2S/c1-12(2,3)7-8-14-17(15,16)11-6-4-5-10(13)9-11/h4-6,9,14H,7-8H2,1-3H3. The van der Waals surface area contributed by atoms with Gasteiger partial charge in [-0.3, -0.25) is 0 Å². The molecular formula is C12H18BrNO2S. The number of sulfonamides is 1. The Kier molecular flexibility index (Phi) is 4.75. The van der Waals surface area contributed by atoms with Crippen molar-refractivity contribution >= 4 is 26.0 Å². The molecule has 0 aliphatic heterocycles. The highest BCUT2D eigenvalue weighted by atomic mass is 79.9. The molecule has 0 radical (unpaired) electrons. The van der Waals surface area contributed by atoms with E-state index in [1.165, 1.54) is 0 Å². The highest BCUT2D eigenvalue weighted by molar-refractivity contribution is 9.10. The largest absolute Gasteiger partial charge is 0.240 e. The lowest BCUT2D eigenvalue weighted by atomic mass is 9.93. The molecule has 1 aromatic carbocycles. The normalized spacial score (nSPS) is 12.7. The van der Waals surface area contributed by atoms with E-state index in [0.717, 1.165) is 10.9 Å². The van der Waals surface area contributed by atoms with Gasteiger partial charge in [-0.05, 0) is 30.0 Å². The molecule has 0 saturated heterocycles. The second-order valence-corrected chi connectivity index (χ2v) is 7.85. The summed E-state index contributed by atoms with van der Waals surface area (Å²) in [4.78, 5) is 0.292. The first-order valence-corrected chi connectivity index (χ1v) is 7.74. The molecule has 0 amide bonds. The van der Waals surface area contributed by atoms with Crippen LogP contribution in [0.25, 0.3) is 0 Å². The van der Waals surface area contributed by atoms with Crippen LogP contribution in [-0.4, -0.2) is 15.0 Å². The van der Waals surface area contributed by atoms with Gasteiger partial charge in [0, 0.05) is 11.0 Å². The number of benzene rings is 1. The Balaban J connectivity index is 2.70. The van der Waals surface area contributed by atoms with Crippen molar-refractivity contribution in [1.29, 1.82) is 0 Å². The van der Waals surface area contributed by atoms with E-state index in [-0.39, 0.29) is 5.41 Å². The van der Waals surface area contributed by atoms with Crippen molar-refractivity contribution in [2.75, 3.05) is 6.54 Å². The molecule has 0 aromatic heterocycles. The van der Waals surface area contributed by atoms with Crippen LogP contribution in [0.5, 0.6) is 0 Å². The van der Waals surface area contributed by atoms with Crippen LogP contribution in [0.1, 0.15) is 27.2 Å². The summed E-state index contributed by atoms with van der Waals surface area (Å²) in [6.07, 6.45) is 0.806. The highest BCUT2D eigenvalue weighted by Crippen LogP contribution is 2.19. The minimum Gasteiger partial charge on any atom is -0.211 e. The molecule has 0 unspecified atom stereocenters. The maximum absolute atomic E-state index is 11.9. The average Bonchev–Trinajstić information content (AvgIpc) is 2.15. The van der Waals surface area contributed by atoms with E-state index in [1.54, 1.807) is 24.3 Å². The van der Waals surface area contributed by atoms with Crippen LogP contribution < -0.4 is 4.72 Å². The third kappa shape index (κ3) is 5.19. The van der Waals surface area contributed by atoms with Crippen molar-refractivity contribution in [3.05, 3.63) is 28.7 Å². The Morgan fingerprint density at radius 1 is 1.29 bits per heavy atom. The van der Waals surface area contributed by atoms with Crippen LogP contribution in [0.2, 0.25) is 0 Å². The van der Waals surface area contributed by atoms with Gasteiger partial charge in [0.2, 0.25) is 10.0 Å². The van der Waals surface area contributed by atoms with Gasteiger partial charge in [0.25, 0.3) is 0 Å². The van der Waals surface area contributed by atoms with E-state index in [0.29, 0.717) is 11.4 Å². The lowest BCUT2D eigenvalue weighted by Crippen LogP contribution is -2.27. The maximum Gasteiger partial charge on any atom is 0.240 e. The van der Waals surface area contributed by atoms with Crippen LogP contribution in [-0.2, 0) is 10.0 Å². The number of nitrogens with one attached hydrogen (secondary N) is 1. The van der Waals surface area contributed by atoms with Crippen molar-refractivity contribution in [2.45, 2.75) is 32.1 Å². The molecule has 0 spiro atoms. The molecule has 1 N–H and O–H groups in total. The molecule has 5 heteroatoms. The topological polar surface area (TPSA) is 46.2 Å². The van der Waals surface area contributed by atoms with E-state index in [1.807, 2.05) is 0 Å². The van der Waals surface area contributed by atoms with Crippen LogP contribution in [0, 0.1) is 5.41 Å². The van der Waals surface area contributed by atoms with Crippen LogP contribution >= 0.6 is 15.9 Å². The fourth-order valence-corrected chi connectivity index (χ4v) is 2.91. The van der Waals surface area contributed by atoms with Gasteiger partial charge >= 0.3 is 0 Å². The molecule has 0 atom stereocenters. The average molecular weight is 320 g/mol. The Morgan fingerprint density at radius 2 is 1.94 bits per heavy atom. The first-order valence-electron chi connectivity index (χ1n) is 5.46. The fraction of sp³-hybridized carbons (Fsp3) is 0.500. The minimum atomic E-state index is -3.39. The highest BCUT2D eigenvalue weighted by Gasteiger charge is 2.16. The van der Waals surface area contributed by atoms with Gasteiger partial charge in [-0.1, -0.05) is 42.8 Å². The van der Waals surface area contributed by atoms with Crippen LogP contribution in [0.15, 0.2) is 33.6 Å². The molecule has 0 aliphatic carbocycles. The zero-order valence-electron chi connectivity index (χ0n) is 10.3. The van der Waals surface area contributed by atoms with Crippen molar-refractivity contribution in [1.82, 2.24) is 4.72 Å². The van der Waals surface area contributed by atoms with E-state index >= 15 is 0 Å². The molecule has 0 aliphatic rings. The summed E-state index contributed by atoms with van der Waals surface area (Å²) in [5.74, 6) is 0. The predicted octanol–water partition coefficient (Wildman–Crippen LogP) is 3.16. The zero-order chi connectivity index (χ0) is 13.1. The molecule has 0 fully saturated rings. The van der Waals surface area contributed by atoms with Crippen molar-refractivity contribution in [3.63, 3.8) is 0 Å². The van der Waals surface area contributed by atoms with Gasteiger partial charge in [0.1, 0.15) is 0 Å². The van der Waals surface area contributed by atoms with Crippen molar-refractivity contribution in [2.24, 2.45) is 5.41 Å². The fourth-order valence-electron chi connectivity index (χ4n) is 1.28. The first kappa shape index (κ1) is 14.7. The van der Waals surface area contributed by atoms with E-state index in [4.69, 9.17) is 0 Å². The Labute approximate surface area is 112 Å². The van der Waals surface area contributed by atoms with Gasteiger partial charge in [-0.15, -0.1) is 0 Å². The number of rotatable bonds is 4. The molecule has 0 bridgehead atoms. The summed E-state index contributed by atoms with van der Waals surface area (Å²) in [5, 5.41) is 0. The van der Waals surface area contributed by atoms with Gasteiger partial charge in [-0.2, -0.15) is 0 Å². The molecule has 17 heavy (non-hydrogen) atoms. The summed E-state index contributed by atoms with van der Waals surface area (Å²) in [6.45, 7) is 6.71. The minimum absolute atomic E-state index is 0.125. The van der Waals surface area contributed by atoms with Gasteiger partial charge in [0.05, 0.1) is 4.90 Å². The third-order valence-corrected chi connectivity index (χ3v) is 4.23. The smallest absolute Gasteiger partial charge is 0.211 e. The molecule has 0 heterocycles. The van der Waals surface area contributed by atoms with Crippen LogP contribution in [0.3, 0.4) is 0 Å². The van der Waals surface area contributed by atoms with E-state index < -0.39 is 10.0 Å². The zero-order valence-corrected chi connectivity index (χ0v) is 12.7. The number of hydrogen-bond donors (Lipinski definition) is 1. The van der Waals surface area contributed by atoms with Gasteiger partial charge in [-0.25, -0.2) is 13.1 Å². The lowest BCUT2D eigenvalue weighted by molar-refractivity contribution is 0.378. The maximum atomic E-state index is 11.9. The Bertz CT molecular complexity index is 478. The molecule has 96 valence electrons. The molecular weight excluding hydrogens is 302 g/mol. The van der Waals surface area contributed by atoms with Crippen molar-refractivity contribution in [3.8, 4) is 0 Å².